The lowest BCUT2D eigenvalue weighted by Gasteiger charge is -2.30. The maximum absolute atomic E-state index is 10.2. The number of para-hydroxylation sites is 1. The van der Waals surface area contributed by atoms with Gasteiger partial charge in [-0.25, -0.2) is 0 Å². The van der Waals surface area contributed by atoms with Crippen LogP contribution in [0.15, 0.2) is 24.3 Å². The van der Waals surface area contributed by atoms with Crippen molar-refractivity contribution < 1.29 is 14.6 Å². The normalized spacial score (nSPS) is 17.9. The van der Waals surface area contributed by atoms with Crippen LogP contribution in [0.3, 0.4) is 0 Å². The third kappa shape index (κ3) is 5.28. The largest absolute Gasteiger partial charge is 0.496 e. The Morgan fingerprint density at radius 3 is 2.76 bits per heavy atom. The molecule has 5 nitrogen and oxygen atoms in total. The fourth-order valence-corrected chi connectivity index (χ4v) is 2.69. The number of morpholine rings is 1. The van der Waals surface area contributed by atoms with Crippen LogP contribution in [-0.4, -0.2) is 74.6 Å². The van der Waals surface area contributed by atoms with E-state index in [4.69, 9.17) is 9.47 Å². The predicted molar refractivity (Wildman–Crippen MR) is 82.6 cm³/mol. The zero-order valence-corrected chi connectivity index (χ0v) is 13.0. The van der Waals surface area contributed by atoms with Gasteiger partial charge in [-0.3, -0.25) is 9.80 Å². The topological polar surface area (TPSA) is 45.2 Å². The number of benzene rings is 1. The highest BCUT2D eigenvalue weighted by Gasteiger charge is 2.16. The molecule has 1 aliphatic heterocycles. The Morgan fingerprint density at radius 2 is 2.05 bits per heavy atom. The Morgan fingerprint density at radius 1 is 1.33 bits per heavy atom. The minimum Gasteiger partial charge on any atom is -0.496 e. The first-order valence-corrected chi connectivity index (χ1v) is 7.47. The Balaban J connectivity index is 1.79. The fraction of sp³-hybridized carbons (Fsp3) is 0.625. The zero-order valence-electron chi connectivity index (χ0n) is 13.0. The summed E-state index contributed by atoms with van der Waals surface area (Å²) in [7, 11) is 3.71. The molecule has 1 heterocycles. The van der Waals surface area contributed by atoms with E-state index in [0.29, 0.717) is 13.1 Å². The van der Waals surface area contributed by atoms with E-state index >= 15 is 0 Å². The number of hydrogen-bond donors (Lipinski definition) is 1. The summed E-state index contributed by atoms with van der Waals surface area (Å²) in [5.41, 5.74) is 1.14. The van der Waals surface area contributed by atoms with E-state index in [1.54, 1.807) is 7.11 Å². The van der Waals surface area contributed by atoms with Gasteiger partial charge in [0.2, 0.25) is 0 Å². The molecule has 1 saturated heterocycles. The number of nitrogens with zero attached hydrogens (tertiary/aromatic N) is 2. The molecule has 0 radical (unpaired) electrons. The zero-order chi connectivity index (χ0) is 15.1. The van der Waals surface area contributed by atoms with Gasteiger partial charge in [0.25, 0.3) is 0 Å². The number of aliphatic hydroxyl groups excluding tert-OH is 1. The summed E-state index contributed by atoms with van der Waals surface area (Å²) in [5.74, 6) is 0.895. The van der Waals surface area contributed by atoms with Crippen molar-refractivity contribution >= 4 is 0 Å². The first-order valence-electron chi connectivity index (χ1n) is 7.47. The maximum Gasteiger partial charge on any atom is 0.123 e. The molecule has 0 amide bonds. The average Bonchev–Trinajstić information content (AvgIpc) is 2.48. The molecule has 2 rings (SSSR count). The number of ether oxygens (including phenoxy) is 2. The van der Waals surface area contributed by atoms with Crippen LogP contribution in [0.1, 0.15) is 5.56 Å². The predicted octanol–water partition coefficient (Wildman–Crippen LogP) is 0.820. The van der Waals surface area contributed by atoms with E-state index in [2.05, 4.69) is 15.9 Å². The van der Waals surface area contributed by atoms with Crippen LogP contribution in [-0.2, 0) is 11.3 Å². The van der Waals surface area contributed by atoms with Gasteiger partial charge in [0, 0.05) is 38.3 Å². The van der Waals surface area contributed by atoms with Crippen molar-refractivity contribution in [1.29, 1.82) is 0 Å². The van der Waals surface area contributed by atoms with Crippen molar-refractivity contribution in [3.63, 3.8) is 0 Å². The van der Waals surface area contributed by atoms with Crippen molar-refractivity contribution in [2.75, 3.05) is 53.6 Å². The van der Waals surface area contributed by atoms with Gasteiger partial charge in [-0.15, -0.1) is 0 Å². The molecule has 0 spiro atoms. The highest BCUT2D eigenvalue weighted by Crippen LogP contribution is 2.18. The van der Waals surface area contributed by atoms with Gasteiger partial charge in [-0.1, -0.05) is 18.2 Å². The molecule has 1 fully saturated rings. The number of hydrogen-bond acceptors (Lipinski definition) is 5. The number of rotatable bonds is 7. The molecule has 1 aromatic carbocycles. The first kappa shape index (κ1) is 16.2. The van der Waals surface area contributed by atoms with Crippen LogP contribution >= 0.6 is 0 Å². The lowest BCUT2D eigenvalue weighted by atomic mass is 10.2. The summed E-state index contributed by atoms with van der Waals surface area (Å²) in [4.78, 5) is 4.38. The minimum absolute atomic E-state index is 0.345. The third-order valence-electron chi connectivity index (χ3n) is 3.73. The van der Waals surface area contributed by atoms with Crippen LogP contribution in [0.25, 0.3) is 0 Å². The molecule has 0 aliphatic carbocycles. The van der Waals surface area contributed by atoms with Gasteiger partial charge >= 0.3 is 0 Å². The molecular weight excluding hydrogens is 268 g/mol. The van der Waals surface area contributed by atoms with E-state index < -0.39 is 0 Å². The van der Waals surface area contributed by atoms with Crippen LogP contribution in [0.4, 0.5) is 0 Å². The van der Waals surface area contributed by atoms with Gasteiger partial charge < -0.3 is 14.6 Å². The van der Waals surface area contributed by atoms with Crippen molar-refractivity contribution in [3.05, 3.63) is 29.8 Å². The van der Waals surface area contributed by atoms with E-state index in [1.807, 2.05) is 25.2 Å². The highest BCUT2D eigenvalue weighted by molar-refractivity contribution is 5.32. The second kappa shape index (κ2) is 8.34. The molecule has 1 aromatic rings. The summed E-state index contributed by atoms with van der Waals surface area (Å²) in [6.07, 6.45) is -0.345. The molecule has 0 aromatic heterocycles. The van der Waals surface area contributed by atoms with Crippen LogP contribution in [0.5, 0.6) is 5.75 Å². The van der Waals surface area contributed by atoms with Crippen molar-refractivity contribution in [2.24, 2.45) is 0 Å². The fourth-order valence-electron chi connectivity index (χ4n) is 2.69. The minimum atomic E-state index is -0.345. The van der Waals surface area contributed by atoms with Gasteiger partial charge in [0.15, 0.2) is 0 Å². The lowest BCUT2D eigenvalue weighted by molar-refractivity contribution is 0.00821. The highest BCUT2D eigenvalue weighted by atomic mass is 16.5. The molecule has 118 valence electrons. The average molecular weight is 294 g/mol. The third-order valence-corrected chi connectivity index (χ3v) is 3.73. The van der Waals surface area contributed by atoms with E-state index in [9.17, 15) is 5.11 Å². The van der Waals surface area contributed by atoms with Gasteiger partial charge in [-0.05, 0) is 13.1 Å². The standard InChI is InChI=1S/C16H26N2O3/c1-17(11-14-5-3-4-6-16(14)20-2)12-15(19)13-18-7-9-21-10-8-18/h3-6,15,19H,7-13H2,1-2H3. The summed E-state index contributed by atoms with van der Waals surface area (Å²) < 4.78 is 10.7. The van der Waals surface area contributed by atoms with Gasteiger partial charge in [-0.2, -0.15) is 0 Å². The van der Waals surface area contributed by atoms with E-state index in [-0.39, 0.29) is 6.10 Å². The Hall–Kier alpha value is -1.14. The quantitative estimate of drug-likeness (QED) is 0.807. The Bertz CT molecular complexity index is 422. The van der Waals surface area contributed by atoms with Crippen molar-refractivity contribution in [2.45, 2.75) is 12.6 Å². The van der Waals surface area contributed by atoms with Gasteiger partial charge in [0.05, 0.1) is 26.4 Å². The first-order chi connectivity index (χ1) is 10.2. The second-order valence-corrected chi connectivity index (χ2v) is 5.58. The number of likely N-dealkylation sites (N-methyl/N-ethyl adjacent to an activating group) is 1. The summed E-state index contributed by atoms with van der Waals surface area (Å²) in [6.45, 7) is 5.48. The molecular formula is C16H26N2O3. The number of methoxy groups -OCH3 is 1. The second-order valence-electron chi connectivity index (χ2n) is 5.58. The summed E-state index contributed by atoms with van der Waals surface area (Å²) in [5, 5.41) is 10.2. The lowest BCUT2D eigenvalue weighted by Crippen LogP contribution is -2.43. The van der Waals surface area contributed by atoms with Crippen LogP contribution in [0, 0.1) is 0 Å². The number of β-amino-alcohol motifs (C(OH)–C–C–N with tert-alkyl or cyclic N) is 1. The molecule has 0 saturated carbocycles. The summed E-state index contributed by atoms with van der Waals surface area (Å²) in [6, 6.07) is 8.00. The Labute approximate surface area is 127 Å². The molecule has 21 heavy (non-hydrogen) atoms. The molecule has 1 atom stereocenters. The Kier molecular flexibility index (Phi) is 6.45. The van der Waals surface area contributed by atoms with E-state index in [0.717, 1.165) is 44.2 Å². The monoisotopic (exact) mass is 294 g/mol. The summed E-state index contributed by atoms with van der Waals surface area (Å²) >= 11 is 0. The maximum atomic E-state index is 10.2. The van der Waals surface area contributed by atoms with E-state index in [1.165, 1.54) is 0 Å². The van der Waals surface area contributed by atoms with Crippen molar-refractivity contribution in [3.8, 4) is 5.75 Å². The smallest absolute Gasteiger partial charge is 0.123 e. The molecule has 1 N–H and O–H groups in total. The molecule has 0 bridgehead atoms. The molecule has 5 heteroatoms. The van der Waals surface area contributed by atoms with Crippen LogP contribution < -0.4 is 4.74 Å². The SMILES string of the molecule is COc1ccccc1CN(C)CC(O)CN1CCOCC1. The van der Waals surface area contributed by atoms with Crippen molar-refractivity contribution in [1.82, 2.24) is 9.80 Å². The molecule has 1 aliphatic rings. The molecule has 1 unspecified atom stereocenters. The van der Waals surface area contributed by atoms with Gasteiger partial charge in [0.1, 0.15) is 5.75 Å². The van der Waals surface area contributed by atoms with Crippen LogP contribution in [0.2, 0.25) is 0 Å². The number of aliphatic hydroxyl groups is 1.